The summed E-state index contributed by atoms with van der Waals surface area (Å²) >= 11 is 0. The maximum Gasteiger partial charge on any atom is 0.254 e. The van der Waals surface area contributed by atoms with Crippen LogP contribution in [0.2, 0.25) is 0 Å². The number of carbonyl (C=O) groups is 1. The molecule has 0 bridgehead atoms. The molecular weight excluding hydrogens is 207 g/mol. The monoisotopic (exact) mass is 220 g/mol. The van der Waals surface area contributed by atoms with Gasteiger partial charge in [-0.25, -0.2) is 4.39 Å². The second-order valence-corrected chi connectivity index (χ2v) is 4.35. The summed E-state index contributed by atoms with van der Waals surface area (Å²) in [6.45, 7) is 2.18. The number of carbonyl (C=O) groups excluding carboxylic acids is 1. The first-order chi connectivity index (χ1) is 7.77. The van der Waals surface area contributed by atoms with E-state index in [-0.39, 0.29) is 17.8 Å². The van der Waals surface area contributed by atoms with E-state index in [1.165, 1.54) is 6.07 Å². The Bertz CT molecular complexity index is 441. The van der Waals surface area contributed by atoms with Gasteiger partial charge in [0.05, 0.1) is 6.54 Å². The minimum atomic E-state index is -0.265. The standard InChI is InChI=1S/C12H13FN2O/c13-11-3-1-2-9-10(11)7-15(12(9)16)8-4-5-14-6-8/h1-3,8,14H,4-7H2/t8-/m0/s1. The van der Waals surface area contributed by atoms with Gasteiger partial charge in [0, 0.05) is 23.7 Å². The normalized spacial score (nSPS) is 23.9. The van der Waals surface area contributed by atoms with E-state index in [1.807, 2.05) is 0 Å². The largest absolute Gasteiger partial charge is 0.330 e. The molecule has 1 amide bonds. The smallest absolute Gasteiger partial charge is 0.254 e. The van der Waals surface area contributed by atoms with E-state index in [9.17, 15) is 9.18 Å². The van der Waals surface area contributed by atoms with Gasteiger partial charge >= 0.3 is 0 Å². The third kappa shape index (κ3) is 1.33. The van der Waals surface area contributed by atoms with Gasteiger partial charge in [0.15, 0.2) is 0 Å². The van der Waals surface area contributed by atoms with Crippen LogP contribution in [0, 0.1) is 5.82 Å². The Morgan fingerprint density at radius 1 is 1.44 bits per heavy atom. The third-order valence-corrected chi connectivity index (χ3v) is 3.41. The van der Waals surface area contributed by atoms with E-state index >= 15 is 0 Å². The summed E-state index contributed by atoms with van der Waals surface area (Å²) in [4.78, 5) is 13.9. The van der Waals surface area contributed by atoms with Crippen molar-refractivity contribution in [2.45, 2.75) is 19.0 Å². The highest BCUT2D eigenvalue weighted by atomic mass is 19.1. The second-order valence-electron chi connectivity index (χ2n) is 4.35. The zero-order valence-corrected chi connectivity index (χ0v) is 8.87. The lowest BCUT2D eigenvalue weighted by Crippen LogP contribution is -2.36. The number of amides is 1. The Morgan fingerprint density at radius 3 is 3.00 bits per heavy atom. The minimum absolute atomic E-state index is 0.0248. The highest BCUT2D eigenvalue weighted by molar-refractivity contribution is 5.98. The fourth-order valence-electron chi connectivity index (χ4n) is 2.52. The van der Waals surface area contributed by atoms with Gasteiger partial charge in [-0.05, 0) is 25.1 Å². The molecule has 0 aromatic heterocycles. The average Bonchev–Trinajstić information content (AvgIpc) is 2.88. The molecule has 3 nitrogen and oxygen atoms in total. The first kappa shape index (κ1) is 9.78. The van der Waals surface area contributed by atoms with Crippen molar-refractivity contribution in [2.24, 2.45) is 0 Å². The van der Waals surface area contributed by atoms with E-state index in [1.54, 1.807) is 17.0 Å². The van der Waals surface area contributed by atoms with Crippen LogP contribution in [-0.4, -0.2) is 29.9 Å². The number of halogens is 1. The number of nitrogens with zero attached hydrogens (tertiary/aromatic N) is 1. The summed E-state index contributed by atoms with van der Waals surface area (Å²) in [5, 5.41) is 3.22. The van der Waals surface area contributed by atoms with Gasteiger partial charge < -0.3 is 10.2 Å². The van der Waals surface area contributed by atoms with Gasteiger partial charge in [-0.3, -0.25) is 4.79 Å². The lowest BCUT2D eigenvalue weighted by Gasteiger charge is -2.22. The summed E-state index contributed by atoms with van der Waals surface area (Å²) in [6, 6.07) is 4.95. The zero-order chi connectivity index (χ0) is 11.1. The number of rotatable bonds is 1. The molecule has 1 saturated heterocycles. The topological polar surface area (TPSA) is 32.3 Å². The van der Waals surface area contributed by atoms with Gasteiger partial charge in [-0.2, -0.15) is 0 Å². The number of nitrogens with one attached hydrogen (secondary N) is 1. The summed E-state index contributed by atoms with van der Waals surface area (Å²) in [5.41, 5.74) is 1.09. The Kier molecular flexibility index (Phi) is 2.17. The molecule has 1 aromatic carbocycles. The van der Waals surface area contributed by atoms with Crippen LogP contribution in [0.5, 0.6) is 0 Å². The van der Waals surface area contributed by atoms with Crippen molar-refractivity contribution in [2.75, 3.05) is 13.1 Å². The van der Waals surface area contributed by atoms with Crippen molar-refractivity contribution >= 4 is 5.91 Å². The third-order valence-electron chi connectivity index (χ3n) is 3.41. The average molecular weight is 220 g/mol. The Hall–Kier alpha value is -1.42. The van der Waals surface area contributed by atoms with Gasteiger partial charge in [0.1, 0.15) is 5.82 Å². The van der Waals surface area contributed by atoms with E-state index < -0.39 is 0 Å². The molecule has 1 aromatic rings. The maximum atomic E-state index is 13.5. The summed E-state index contributed by atoms with van der Waals surface area (Å²) in [7, 11) is 0. The van der Waals surface area contributed by atoms with Crippen LogP contribution in [-0.2, 0) is 6.54 Å². The number of benzene rings is 1. The molecular formula is C12H13FN2O. The molecule has 0 radical (unpaired) electrons. The van der Waals surface area contributed by atoms with Crippen molar-refractivity contribution in [3.05, 3.63) is 35.1 Å². The summed E-state index contributed by atoms with van der Waals surface area (Å²) in [5.74, 6) is -0.289. The molecule has 1 atom stereocenters. The predicted molar refractivity (Wildman–Crippen MR) is 57.5 cm³/mol. The molecule has 16 heavy (non-hydrogen) atoms. The SMILES string of the molecule is O=C1c2cccc(F)c2CN1[C@H]1CCNC1. The molecule has 84 valence electrons. The summed E-state index contributed by atoms with van der Waals surface area (Å²) < 4.78 is 13.5. The van der Waals surface area contributed by atoms with Crippen molar-refractivity contribution in [1.82, 2.24) is 10.2 Å². The molecule has 2 aliphatic rings. The van der Waals surface area contributed by atoms with Gasteiger partial charge in [-0.1, -0.05) is 6.07 Å². The van der Waals surface area contributed by atoms with Crippen molar-refractivity contribution < 1.29 is 9.18 Å². The molecule has 1 N–H and O–H groups in total. The molecule has 0 aliphatic carbocycles. The first-order valence-electron chi connectivity index (χ1n) is 5.56. The van der Waals surface area contributed by atoms with Gasteiger partial charge in [0.25, 0.3) is 5.91 Å². The number of hydrogen-bond acceptors (Lipinski definition) is 2. The number of hydrogen-bond donors (Lipinski definition) is 1. The molecule has 0 unspecified atom stereocenters. The minimum Gasteiger partial charge on any atom is -0.330 e. The van der Waals surface area contributed by atoms with Crippen LogP contribution in [0.25, 0.3) is 0 Å². The van der Waals surface area contributed by atoms with Crippen LogP contribution >= 0.6 is 0 Å². The Balaban J connectivity index is 1.94. The van der Waals surface area contributed by atoms with Crippen LogP contribution in [0.1, 0.15) is 22.3 Å². The van der Waals surface area contributed by atoms with E-state index in [0.29, 0.717) is 17.7 Å². The molecule has 0 saturated carbocycles. The van der Waals surface area contributed by atoms with E-state index in [4.69, 9.17) is 0 Å². The Morgan fingerprint density at radius 2 is 2.31 bits per heavy atom. The van der Waals surface area contributed by atoms with E-state index in [2.05, 4.69) is 5.32 Å². The van der Waals surface area contributed by atoms with Crippen molar-refractivity contribution in [3.63, 3.8) is 0 Å². The summed E-state index contributed by atoms with van der Waals surface area (Å²) in [6.07, 6.45) is 0.960. The van der Waals surface area contributed by atoms with Crippen molar-refractivity contribution in [1.29, 1.82) is 0 Å². The predicted octanol–water partition coefficient (Wildman–Crippen LogP) is 1.14. The van der Waals surface area contributed by atoms with E-state index in [0.717, 1.165) is 19.5 Å². The maximum absolute atomic E-state index is 13.5. The molecule has 0 spiro atoms. The quantitative estimate of drug-likeness (QED) is 0.769. The fraction of sp³-hybridized carbons (Fsp3) is 0.417. The molecule has 4 heteroatoms. The highest BCUT2D eigenvalue weighted by Crippen LogP contribution is 2.28. The molecule has 2 aliphatic heterocycles. The van der Waals surface area contributed by atoms with Crippen LogP contribution in [0.4, 0.5) is 4.39 Å². The number of fused-ring (bicyclic) bond motifs is 1. The molecule has 1 fully saturated rings. The second kappa shape index (κ2) is 3.56. The van der Waals surface area contributed by atoms with Crippen molar-refractivity contribution in [3.8, 4) is 0 Å². The van der Waals surface area contributed by atoms with Crippen LogP contribution in [0.3, 0.4) is 0 Å². The molecule has 3 rings (SSSR count). The highest BCUT2D eigenvalue weighted by Gasteiger charge is 2.35. The first-order valence-corrected chi connectivity index (χ1v) is 5.56. The molecule has 2 heterocycles. The fourth-order valence-corrected chi connectivity index (χ4v) is 2.52. The Labute approximate surface area is 93.2 Å². The zero-order valence-electron chi connectivity index (χ0n) is 8.87. The van der Waals surface area contributed by atoms with Gasteiger partial charge in [-0.15, -0.1) is 0 Å². The lowest BCUT2D eigenvalue weighted by atomic mass is 10.1. The lowest BCUT2D eigenvalue weighted by molar-refractivity contribution is 0.0717. The van der Waals surface area contributed by atoms with Gasteiger partial charge in [0.2, 0.25) is 0 Å². The van der Waals surface area contributed by atoms with Crippen LogP contribution < -0.4 is 5.32 Å². The van der Waals surface area contributed by atoms with Crippen LogP contribution in [0.15, 0.2) is 18.2 Å².